The number of hydrogen-bond acceptors (Lipinski definition) is 3. The van der Waals surface area contributed by atoms with Crippen molar-refractivity contribution in [2.45, 2.75) is 39.4 Å². The minimum absolute atomic E-state index is 0.111. The summed E-state index contributed by atoms with van der Waals surface area (Å²) in [6.45, 7) is 8.01. The molecule has 5 nitrogen and oxygen atoms in total. The highest BCUT2D eigenvalue weighted by Crippen LogP contribution is 2.06. The van der Waals surface area contributed by atoms with Gasteiger partial charge in [-0.3, -0.25) is 9.36 Å². The first-order valence-electron chi connectivity index (χ1n) is 6.18. The van der Waals surface area contributed by atoms with Gasteiger partial charge in [0.05, 0.1) is 17.9 Å². The van der Waals surface area contributed by atoms with Crippen molar-refractivity contribution in [1.29, 1.82) is 0 Å². The van der Waals surface area contributed by atoms with Gasteiger partial charge < -0.3 is 5.32 Å². The van der Waals surface area contributed by atoms with E-state index >= 15 is 0 Å². The fourth-order valence-electron chi connectivity index (χ4n) is 1.71. The van der Waals surface area contributed by atoms with E-state index in [1.54, 1.807) is 0 Å². The first-order valence-corrected chi connectivity index (χ1v) is 6.18. The molecule has 0 unspecified atom stereocenters. The molecule has 0 aliphatic carbocycles. The molecule has 2 aromatic heterocycles. The van der Waals surface area contributed by atoms with Gasteiger partial charge in [0.15, 0.2) is 0 Å². The molecule has 2 heterocycles. The van der Waals surface area contributed by atoms with Crippen molar-refractivity contribution in [3.05, 3.63) is 35.9 Å². The zero-order valence-corrected chi connectivity index (χ0v) is 11.5. The molecule has 2 rings (SSSR count). The van der Waals surface area contributed by atoms with E-state index in [0.29, 0.717) is 0 Å². The lowest BCUT2D eigenvalue weighted by Gasteiger charge is -2.20. The summed E-state index contributed by atoms with van der Waals surface area (Å²) in [5.74, 6) is 0. The maximum Gasteiger partial charge on any atom is 0.0853 e. The van der Waals surface area contributed by atoms with E-state index in [9.17, 15) is 0 Å². The van der Waals surface area contributed by atoms with Crippen LogP contribution in [0.1, 0.15) is 32.2 Å². The molecule has 5 heteroatoms. The third-order valence-electron chi connectivity index (χ3n) is 2.68. The Morgan fingerprint density at radius 1 is 1.28 bits per heavy atom. The monoisotopic (exact) mass is 247 g/mol. The molecule has 0 fully saturated rings. The lowest BCUT2D eigenvalue weighted by atomic mass is 10.1. The van der Waals surface area contributed by atoms with Gasteiger partial charge in [0.25, 0.3) is 0 Å². The number of aryl methyl sites for hydroxylation is 1. The van der Waals surface area contributed by atoms with Crippen LogP contribution < -0.4 is 5.32 Å². The molecule has 0 aliphatic heterocycles. The highest BCUT2D eigenvalue weighted by atomic mass is 15.3. The Balaban J connectivity index is 2.03. The van der Waals surface area contributed by atoms with Crippen LogP contribution in [0.2, 0.25) is 0 Å². The van der Waals surface area contributed by atoms with Crippen molar-refractivity contribution < 1.29 is 0 Å². The lowest BCUT2D eigenvalue weighted by molar-refractivity contribution is 0.413. The summed E-state index contributed by atoms with van der Waals surface area (Å²) < 4.78 is 3.80. The van der Waals surface area contributed by atoms with Gasteiger partial charge in [-0.2, -0.15) is 10.2 Å². The third kappa shape index (κ3) is 3.43. The van der Waals surface area contributed by atoms with E-state index < -0.39 is 0 Å². The van der Waals surface area contributed by atoms with Gasteiger partial charge in [-0.05, 0) is 32.9 Å². The van der Waals surface area contributed by atoms with Crippen molar-refractivity contribution >= 4 is 0 Å². The first kappa shape index (κ1) is 12.8. The number of nitrogens with zero attached hydrogens (tertiary/aromatic N) is 4. The number of nitrogens with one attached hydrogen (secondary N) is 1. The second-order valence-corrected chi connectivity index (χ2v) is 5.56. The minimum Gasteiger partial charge on any atom is -0.306 e. The van der Waals surface area contributed by atoms with E-state index in [0.717, 1.165) is 18.8 Å². The van der Waals surface area contributed by atoms with Crippen LogP contribution in [0.3, 0.4) is 0 Å². The van der Waals surface area contributed by atoms with Crippen molar-refractivity contribution in [3.8, 4) is 0 Å². The van der Waals surface area contributed by atoms with Gasteiger partial charge in [-0.1, -0.05) is 0 Å². The third-order valence-corrected chi connectivity index (χ3v) is 2.68. The van der Waals surface area contributed by atoms with Crippen LogP contribution >= 0.6 is 0 Å². The van der Waals surface area contributed by atoms with Crippen LogP contribution in [-0.2, 0) is 20.1 Å². The van der Waals surface area contributed by atoms with E-state index in [4.69, 9.17) is 0 Å². The van der Waals surface area contributed by atoms with Crippen LogP contribution in [0, 0.1) is 0 Å². The van der Waals surface area contributed by atoms with Crippen molar-refractivity contribution in [2.24, 2.45) is 7.05 Å². The highest BCUT2D eigenvalue weighted by molar-refractivity contribution is 5.06. The van der Waals surface area contributed by atoms with Gasteiger partial charge in [-0.25, -0.2) is 0 Å². The smallest absolute Gasteiger partial charge is 0.0853 e. The standard InChI is InChI=1S/C13H21N5/c1-13(2,3)14-9-12-5-7-15-18(12)10-11-6-8-17(4)16-11/h5-8,14H,9-10H2,1-4H3. The molecule has 0 amide bonds. The molecule has 98 valence electrons. The summed E-state index contributed by atoms with van der Waals surface area (Å²) in [5, 5.41) is 12.2. The molecule has 0 aromatic carbocycles. The molecule has 18 heavy (non-hydrogen) atoms. The van der Waals surface area contributed by atoms with E-state index in [-0.39, 0.29) is 5.54 Å². The first-order chi connectivity index (χ1) is 8.44. The van der Waals surface area contributed by atoms with Gasteiger partial charge in [-0.15, -0.1) is 0 Å². The quantitative estimate of drug-likeness (QED) is 0.891. The van der Waals surface area contributed by atoms with Crippen LogP contribution in [0.25, 0.3) is 0 Å². The molecule has 0 radical (unpaired) electrons. The van der Waals surface area contributed by atoms with Gasteiger partial charge in [0.1, 0.15) is 0 Å². The maximum absolute atomic E-state index is 4.37. The van der Waals surface area contributed by atoms with Gasteiger partial charge in [0, 0.05) is 31.5 Å². The van der Waals surface area contributed by atoms with Crippen LogP contribution in [0.15, 0.2) is 24.5 Å². The molecule has 2 aromatic rings. The maximum atomic E-state index is 4.37. The Hall–Kier alpha value is -1.62. The molecule has 0 aliphatic rings. The molecule has 0 saturated heterocycles. The molecule has 0 spiro atoms. The Kier molecular flexibility index (Phi) is 3.52. The summed E-state index contributed by atoms with van der Waals surface area (Å²) in [6, 6.07) is 4.06. The van der Waals surface area contributed by atoms with Crippen LogP contribution in [0.5, 0.6) is 0 Å². The minimum atomic E-state index is 0.111. The Morgan fingerprint density at radius 2 is 2.06 bits per heavy atom. The van der Waals surface area contributed by atoms with Crippen molar-refractivity contribution in [2.75, 3.05) is 0 Å². The molecule has 1 N–H and O–H groups in total. The fourth-order valence-corrected chi connectivity index (χ4v) is 1.71. The summed E-state index contributed by atoms with van der Waals surface area (Å²) in [7, 11) is 1.93. The van der Waals surface area contributed by atoms with Gasteiger partial charge in [0.2, 0.25) is 0 Å². The van der Waals surface area contributed by atoms with Gasteiger partial charge >= 0.3 is 0 Å². The zero-order valence-electron chi connectivity index (χ0n) is 11.5. The lowest BCUT2D eigenvalue weighted by Crippen LogP contribution is -2.35. The largest absolute Gasteiger partial charge is 0.306 e. The predicted molar refractivity (Wildman–Crippen MR) is 71.1 cm³/mol. The second-order valence-electron chi connectivity index (χ2n) is 5.56. The SMILES string of the molecule is Cn1ccc(Cn2nccc2CNC(C)(C)C)n1. The summed E-state index contributed by atoms with van der Waals surface area (Å²) in [4.78, 5) is 0. The topological polar surface area (TPSA) is 47.7 Å². The summed E-state index contributed by atoms with van der Waals surface area (Å²) in [6.07, 6.45) is 3.79. The van der Waals surface area contributed by atoms with E-state index in [2.05, 4.69) is 36.3 Å². The average molecular weight is 247 g/mol. The zero-order chi connectivity index (χ0) is 13.2. The number of aromatic nitrogens is 4. The van der Waals surface area contributed by atoms with E-state index in [1.807, 2.05) is 40.9 Å². The Labute approximate surface area is 108 Å². The van der Waals surface area contributed by atoms with Crippen LogP contribution in [0.4, 0.5) is 0 Å². The average Bonchev–Trinajstić information content (AvgIpc) is 2.85. The van der Waals surface area contributed by atoms with Crippen molar-refractivity contribution in [1.82, 2.24) is 24.9 Å². The Morgan fingerprint density at radius 3 is 2.67 bits per heavy atom. The fraction of sp³-hybridized carbons (Fsp3) is 0.538. The Bertz CT molecular complexity index is 503. The molecular formula is C13H21N5. The molecule has 0 saturated carbocycles. The predicted octanol–water partition coefficient (Wildman–Crippen LogP) is 1.55. The van der Waals surface area contributed by atoms with E-state index in [1.165, 1.54) is 5.69 Å². The highest BCUT2D eigenvalue weighted by Gasteiger charge is 2.11. The summed E-state index contributed by atoms with van der Waals surface area (Å²) >= 11 is 0. The molecule has 0 bridgehead atoms. The number of rotatable bonds is 4. The normalized spacial score (nSPS) is 12.0. The summed E-state index contributed by atoms with van der Waals surface area (Å²) in [5.41, 5.74) is 2.31. The van der Waals surface area contributed by atoms with Crippen LogP contribution in [-0.4, -0.2) is 25.1 Å². The molecular weight excluding hydrogens is 226 g/mol. The van der Waals surface area contributed by atoms with Crippen molar-refractivity contribution in [3.63, 3.8) is 0 Å². The second kappa shape index (κ2) is 4.94. The number of hydrogen-bond donors (Lipinski definition) is 1. The molecule has 0 atom stereocenters.